The number of rotatable bonds is 7. The highest BCUT2D eigenvalue weighted by Crippen LogP contribution is 2.18. The largest absolute Gasteiger partial charge is 0.357 e. The van der Waals surface area contributed by atoms with Crippen molar-refractivity contribution in [2.45, 2.75) is 58.5 Å². The minimum Gasteiger partial charge on any atom is -0.357 e. The van der Waals surface area contributed by atoms with Gasteiger partial charge in [-0.1, -0.05) is 30.7 Å². The lowest BCUT2D eigenvalue weighted by atomic mass is 10.00. The molecule has 3 rings (SSSR count). The molecule has 1 fully saturated rings. The third kappa shape index (κ3) is 6.46. The molecule has 1 aromatic rings. The van der Waals surface area contributed by atoms with E-state index < -0.39 is 0 Å². The second kappa shape index (κ2) is 11.2. The van der Waals surface area contributed by atoms with Crippen LogP contribution in [0, 0.1) is 0 Å². The van der Waals surface area contributed by atoms with Crippen LogP contribution < -0.4 is 10.6 Å². The minimum atomic E-state index is 0.0962. The second-order valence-corrected chi connectivity index (χ2v) is 8.19. The summed E-state index contributed by atoms with van der Waals surface area (Å²) in [7, 11) is 0. The Morgan fingerprint density at radius 3 is 2.79 bits per heavy atom. The van der Waals surface area contributed by atoms with Crippen molar-refractivity contribution < 1.29 is 4.79 Å². The molecule has 2 N–H and O–H groups in total. The van der Waals surface area contributed by atoms with Gasteiger partial charge in [0.15, 0.2) is 5.96 Å². The number of carbonyl (C=O) groups is 1. The van der Waals surface area contributed by atoms with Gasteiger partial charge in [-0.2, -0.15) is 0 Å². The predicted octanol–water partition coefficient (Wildman–Crippen LogP) is 2.39. The molecule has 2 aliphatic heterocycles. The molecule has 0 spiro atoms. The average Bonchev–Trinajstić information content (AvgIpc) is 2.75. The van der Waals surface area contributed by atoms with E-state index in [1.807, 2.05) is 11.0 Å². The first-order valence-electron chi connectivity index (χ1n) is 11.3. The fourth-order valence-electron chi connectivity index (χ4n) is 4.28. The summed E-state index contributed by atoms with van der Waals surface area (Å²) in [4.78, 5) is 21.7. The maximum atomic E-state index is 12.6. The van der Waals surface area contributed by atoms with Gasteiger partial charge in [0.1, 0.15) is 6.54 Å². The molecule has 160 valence electrons. The standard InChI is InChI=1S/C23H37N5O/c1-3-24-23(25-13-8-15-27-14-7-6-9-19(27)2)26-17-22(29)28-16-12-20-10-4-5-11-21(20)18-28/h4-5,10-11,19H,3,6-9,12-18H2,1-2H3,(H2,24,25,26). The van der Waals surface area contributed by atoms with E-state index in [4.69, 9.17) is 0 Å². The zero-order chi connectivity index (χ0) is 20.5. The van der Waals surface area contributed by atoms with Gasteiger partial charge in [-0.3, -0.25) is 4.79 Å². The predicted molar refractivity (Wildman–Crippen MR) is 119 cm³/mol. The smallest absolute Gasteiger partial charge is 0.244 e. The summed E-state index contributed by atoms with van der Waals surface area (Å²) in [6.07, 6.45) is 6.03. The van der Waals surface area contributed by atoms with Crippen molar-refractivity contribution in [1.29, 1.82) is 0 Å². The number of amides is 1. The Balaban J connectivity index is 1.43. The van der Waals surface area contributed by atoms with E-state index in [1.54, 1.807) is 0 Å². The molecule has 1 unspecified atom stereocenters. The maximum Gasteiger partial charge on any atom is 0.244 e. The monoisotopic (exact) mass is 399 g/mol. The number of hydrogen-bond acceptors (Lipinski definition) is 3. The molecule has 1 saturated heterocycles. The summed E-state index contributed by atoms with van der Waals surface area (Å²) in [5, 5.41) is 6.65. The number of piperidine rings is 1. The van der Waals surface area contributed by atoms with Gasteiger partial charge in [0.05, 0.1) is 0 Å². The van der Waals surface area contributed by atoms with Crippen LogP contribution in [0.2, 0.25) is 0 Å². The SMILES string of the molecule is CCNC(=NCC(=O)N1CCc2ccccc2C1)NCCCN1CCCCC1C. The molecule has 1 aromatic carbocycles. The van der Waals surface area contributed by atoms with Gasteiger partial charge in [0, 0.05) is 38.8 Å². The molecule has 0 bridgehead atoms. The van der Waals surface area contributed by atoms with Gasteiger partial charge < -0.3 is 20.4 Å². The van der Waals surface area contributed by atoms with Gasteiger partial charge in [-0.25, -0.2) is 4.99 Å². The van der Waals surface area contributed by atoms with Crippen molar-refractivity contribution in [3.8, 4) is 0 Å². The van der Waals surface area contributed by atoms with E-state index in [1.165, 1.54) is 36.9 Å². The number of nitrogens with one attached hydrogen (secondary N) is 2. The van der Waals surface area contributed by atoms with Crippen LogP contribution in [0.15, 0.2) is 29.3 Å². The Bertz CT molecular complexity index is 690. The van der Waals surface area contributed by atoms with E-state index in [0.717, 1.165) is 45.0 Å². The van der Waals surface area contributed by atoms with Gasteiger partial charge in [-0.15, -0.1) is 0 Å². The maximum absolute atomic E-state index is 12.6. The van der Waals surface area contributed by atoms with Gasteiger partial charge in [-0.05, 0) is 57.2 Å². The number of likely N-dealkylation sites (tertiary alicyclic amines) is 1. The van der Waals surface area contributed by atoms with Crippen molar-refractivity contribution in [2.24, 2.45) is 4.99 Å². The molecular weight excluding hydrogens is 362 g/mol. The zero-order valence-electron chi connectivity index (χ0n) is 18.1. The molecule has 0 radical (unpaired) electrons. The number of nitrogens with zero attached hydrogens (tertiary/aromatic N) is 3. The Morgan fingerprint density at radius 1 is 1.17 bits per heavy atom. The van der Waals surface area contributed by atoms with Crippen LogP contribution in [0.3, 0.4) is 0 Å². The fraction of sp³-hybridized carbons (Fsp3) is 0.652. The Morgan fingerprint density at radius 2 is 2.00 bits per heavy atom. The molecular formula is C23H37N5O. The molecule has 1 atom stereocenters. The third-order valence-corrected chi connectivity index (χ3v) is 6.06. The molecule has 0 aliphatic carbocycles. The van der Waals surface area contributed by atoms with Crippen LogP contribution in [0.25, 0.3) is 0 Å². The minimum absolute atomic E-state index is 0.0962. The third-order valence-electron chi connectivity index (χ3n) is 6.06. The summed E-state index contributed by atoms with van der Waals surface area (Å²) < 4.78 is 0. The highest BCUT2D eigenvalue weighted by Gasteiger charge is 2.20. The van der Waals surface area contributed by atoms with Crippen LogP contribution in [0.5, 0.6) is 0 Å². The summed E-state index contributed by atoms with van der Waals surface area (Å²) >= 11 is 0. The summed E-state index contributed by atoms with van der Waals surface area (Å²) in [6.45, 7) is 10.1. The molecule has 6 heteroatoms. The molecule has 0 aromatic heterocycles. The number of guanidine groups is 1. The summed E-state index contributed by atoms with van der Waals surface area (Å²) in [5.74, 6) is 0.837. The Hall–Kier alpha value is -2.08. The molecule has 1 amide bonds. The van der Waals surface area contributed by atoms with Crippen LogP contribution >= 0.6 is 0 Å². The second-order valence-electron chi connectivity index (χ2n) is 8.19. The lowest BCUT2D eigenvalue weighted by Gasteiger charge is -2.33. The van der Waals surface area contributed by atoms with Crippen LogP contribution in [-0.2, 0) is 17.8 Å². The van der Waals surface area contributed by atoms with Crippen molar-refractivity contribution in [1.82, 2.24) is 20.4 Å². The fourth-order valence-corrected chi connectivity index (χ4v) is 4.28. The lowest BCUT2D eigenvalue weighted by molar-refractivity contribution is -0.130. The molecule has 2 aliphatic rings. The van der Waals surface area contributed by atoms with E-state index >= 15 is 0 Å². The zero-order valence-corrected chi connectivity index (χ0v) is 18.1. The molecule has 0 saturated carbocycles. The van der Waals surface area contributed by atoms with Crippen molar-refractivity contribution in [3.05, 3.63) is 35.4 Å². The van der Waals surface area contributed by atoms with E-state index in [2.05, 4.69) is 52.6 Å². The van der Waals surface area contributed by atoms with Gasteiger partial charge in [0.2, 0.25) is 5.91 Å². The first-order valence-corrected chi connectivity index (χ1v) is 11.3. The van der Waals surface area contributed by atoms with Gasteiger partial charge >= 0.3 is 0 Å². The van der Waals surface area contributed by atoms with E-state index in [9.17, 15) is 4.79 Å². The quantitative estimate of drug-likeness (QED) is 0.420. The van der Waals surface area contributed by atoms with Crippen molar-refractivity contribution >= 4 is 11.9 Å². The summed E-state index contributed by atoms with van der Waals surface area (Å²) in [6, 6.07) is 9.10. The van der Waals surface area contributed by atoms with Gasteiger partial charge in [0.25, 0.3) is 0 Å². The first-order chi connectivity index (χ1) is 14.2. The topological polar surface area (TPSA) is 60.0 Å². The Labute approximate surface area is 175 Å². The van der Waals surface area contributed by atoms with Crippen LogP contribution in [0.4, 0.5) is 0 Å². The van der Waals surface area contributed by atoms with Crippen LogP contribution in [0.1, 0.15) is 50.7 Å². The van der Waals surface area contributed by atoms with E-state index in [0.29, 0.717) is 12.6 Å². The molecule has 2 heterocycles. The van der Waals surface area contributed by atoms with Crippen molar-refractivity contribution in [2.75, 3.05) is 39.3 Å². The molecule has 29 heavy (non-hydrogen) atoms. The first kappa shape index (κ1) is 21.6. The average molecular weight is 400 g/mol. The lowest BCUT2D eigenvalue weighted by Crippen LogP contribution is -2.42. The number of hydrogen-bond donors (Lipinski definition) is 2. The van der Waals surface area contributed by atoms with E-state index in [-0.39, 0.29) is 12.5 Å². The highest BCUT2D eigenvalue weighted by atomic mass is 16.2. The number of aliphatic imine (C=N–C) groups is 1. The highest BCUT2D eigenvalue weighted by molar-refractivity contribution is 5.85. The summed E-state index contributed by atoms with van der Waals surface area (Å²) in [5.41, 5.74) is 2.62. The molecule has 6 nitrogen and oxygen atoms in total. The van der Waals surface area contributed by atoms with Crippen LogP contribution in [-0.4, -0.2) is 67.0 Å². The number of benzene rings is 1. The normalized spacial score (nSPS) is 20.3. The van der Waals surface area contributed by atoms with Crippen molar-refractivity contribution in [3.63, 3.8) is 0 Å². The number of fused-ring (bicyclic) bond motifs is 1. The number of carbonyl (C=O) groups excluding carboxylic acids is 1. The Kier molecular flexibility index (Phi) is 8.35.